The largest absolute Gasteiger partial charge is 0.431 e. The molecular formula is C10H10N2O3S. The molecule has 0 fully saturated rings. The van der Waals surface area contributed by atoms with Gasteiger partial charge < -0.3 is 4.42 Å². The van der Waals surface area contributed by atoms with Crippen molar-refractivity contribution in [2.75, 3.05) is 4.72 Å². The van der Waals surface area contributed by atoms with Crippen molar-refractivity contribution in [2.45, 2.75) is 11.8 Å². The van der Waals surface area contributed by atoms with E-state index < -0.39 is 10.0 Å². The fourth-order valence-corrected chi connectivity index (χ4v) is 2.13. The van der Waals surface area contributed by atoms with Crippen LogP contribution in [0.5, 0.6) is 0 Å². The third-order valence-electron chi connectivity index (χ3n) is 1.89. The number of hydrogen-bond donors (Lipinski definition) is 1. The molecule has 0 aliphatic heterocycles. The summed E-state index contributed by atoms with van der Waals surface area (Å²) in [4.78, 5) is 4.04. The van der Waals surface area contributed by atoms with Gasteiger partial charge in [0.25, 0.3) is 10.0 Å². The number of aryl methyl sites for hydroxylation is 1. The molecule has 0 aliphatic carbocycles. The van der Waals surface area contributed by atoms with Gasteiger partial charge in [-0.2, -0.15) is 4.98 Å². The number of oxazole rings is 1. The second-order valence-corrected chi connectivity index (χ2v) is 4.89. The lowest BCUT2D eigenvalue weighted by Crippen LogP contribution is -2.12. The molecule has 0 saturated carbocycles. The van der Waals surface area contributed by atoms with Crippen LogP contribution >= 0.6 is 0 Å². The van der Waals surface area contributed by atoms with E-state index >= 15 is 0 Å². The number of anilines is 1. The average Bonchev–Trinajstić information content (AvgIpc) is 2.64. The Bertz CT molecular complexity index is 575. The molecule has 0 spiro atoms. The first-order valence-corrected chi connectivity index (χ1v) is 6.06. The number of nitrogens with zero attached hydrogens (tertiary/aromatic N) is 1. The number of hydrogen-bond acceptors (Lipinski definition) is 4. The highest BCUT2D eigenvalue weighted by Gasteiger charge is 2.15. The predicted molar refractivity (Wildman–Crippen MR) is 58.5 cm³/mol. The van der Waals surface area contributed by atoms with Crippen LogP contribution in [0.2, 0.25) is 0 Å². The van der Waals surface area contributed by atoms with Crippen molar-refractivity contribution >= 4 is 16.0 Å². The molecule has 84 valence electrons. The lowest BCUT2D eigenvalue weighted by molar-refractivity contribution is 0.569. The van der Waals surface area contributed by atoms with Gasteiger partial charge in [0.05, 0.1) is 10.6 Å². The highest BCUT2D eigenvalue weighted by Crippen LogP contribution is 2.14. The Balaban J connectivity index is 2.28. The second-order valence-electron chi connectivity index (χ2n) is 3.21. The van der Waals surface area contributed by atoms with Gasteiger partial charge in [-0.05, 0) is 19.1 Å². The van der Waals surface area contributed by atoms with E-state index in [4.69, 9.17) is 4.42 Å². The molecule has 5 nitrogen and oxygen atoms in total. The second kappa shape index (κ2) is 3.97. The third kappa shape index (κ3) is 2.22. The monoisotopic (exact) mass is 238 g/mol. The van der Waals surface area contributed by atoms with Gasteiger partial charge in [0.2, 0.25) is 0 Å². The summed E-state index contributed by atoms with van der Waals surface area (Å²) in [5.41, 5.74) is 0.616. The van der Waals surface area contributed by atoms with Crippen molar-refractivity contribution in [3.8, 4) is 0 Å². The van der Waals surface area contributed by atoms with Crippen molar-refractivity contribution < 1.29 is 12.8 Å². The van der Waals surface area contributed by atoms with Gasteiger partial charge in [-0.1, -0.05) is 18.2 Å². The van der Waals surface area contributed by atoms with Gasteiger partial charge in [0, 0.05) is 0 Å². The molecule has 0 bridgehead atoms. The Hall–Kier alpha value is -1.82. The molecule has 1 N–H and O–H groups in total. The van der Waals surface area contributed by atoms with E-state index in [1.165, 1.54) is 18.4 Å². The van der Waals surface area contributed by atoms with Crippen molar-refractivity contribution in [1.82, 2.24) is 4.98 Å². The summed E-state index contributed by atoms with van der Waals surface area (Å²) < 4.78 is 30.8. The van der Waals surface area contributed by atoms with E-state index in [1.54, 1.807) is 25.1 Å². The standard InChI is InChI=1S/C10H10N2O3S/c1-8-7-15-10(11-8)12-16(13,14)9-5-3-2-4-6-9/h2-7H,1H3,(H,11,12). The van der Waals surface area contributed by atoms with E-state index in [-0.39, 0.29) is 10.9 Å². The van der Waals surface area contributed by atoms with Gasteiger partial charge in [-0.25, -0.2) is 13.1 Å². The zero-order chi connectivity index (χ0) is 11.6. The number of nitrogens with one attached hydrogen (secondary N) is 1. The maximum atomic E-state index is 11.8. The van der Waals surface area contributed by atoms with Crippen molar-refractivity contribution in [2.24, 2.45) is 0 Å². The van der Waals surface area contributed by atoms with Crippen LogP contribution in [0, 0.1) is 6.92 Å². The summed E-state index contributed by atoms with van der Waals surface area (Å²) in [7, 11) is -3.61. The molecule has 2 rings (SSSR count). The van der Waals surface area contributed by atoms with Gasteiger partial charge in [-0.3, -0.25) is 0 Å². The Morgan fingerprint density at radius 1 is 1.25 bits per heavy atom. The minimum Gasteiger partial charge on any atom is -0.431 e. The van der Waals surface area contributed by atoms with Gasteiger partial charge in [0.15, 0.2) is 0 Å². The van der Waals surface area contributed by atoms with Gasteiger partial charge in [-0.15, -0.1) is 0 Å². The summed E-state index contributed by atoms with van der Waals surface area (Å²) in [6.45, 7) is 1.71. The van der Waals surface area contributed by atoms with Crippen LogP contribution in [-0.4, -0.2) is 13.4 Å². The normalized spacial score (nSPS) is 11.3. The van der Waals surface area contributed by atoms with Crippen LogP contribution in [0.1, 0.15) is 5.69 Å². The number of benzene rings is 1. The topological polar surface area (TPSA) is 72.2 Å². The Labute approximate surface area is 93.2 Å². The molecule has 0 saturated heterocycles. The molecule has 0 aliphatic rings. The summed E-state index contributed by atoms with van der Waals surface area (Å²) in [5, 5.41) is 0. The van der Waals surface area contributed by atoms with Crippen LogP contribution in [0.3, 0.4) is 0 Å². The molecule has 6 heteroatoms. The van der Waals surface area contributed by atoms with Crippen LogP contribution in [0.4, 0.5) is 6.01 Å². The number of rotatable bonds is 3. The van der Waals surface area contributed by atoms with E-state index in [2.05, 4.69) is 9.71 Å². The zero-order valence-corrected chi connectivity index (χ0v) is 9.36. The first-order valence-electron chi connectivity index (χ1n) is 4.58. The van der Waals surface area contributed by atoms with E-state index in [0.29, 0.717) is 5.69 Å². The quantitative estimate of drug-likeness (QED) is 0.884. The number of sulfonamides is 1. The first kappa shape index (κ1) is 10.7. The molecule has 0 amide bonds. The fraction of sp³-hybridized carbons (Fsp3) is 0.100. The van der Waals surface area contributed by atoms with Crippen molar-refractivity contribution in [3.63, 3.8) is 0 Å². The lowest BCUT2D eigenvalue weighted by atomic mass is 10.4. The Morgan fingerprint density at radius 2 is 1.94 bits per heavy atom. The molecular weight excluding hydrogens is 228 g/mol. The molecule has 0 radical (unpaired) electrons. The summed E-state index contributed by atoms with van der Waals surface area (Å²) in [6, 6.07) is 8.01. The van der Waals surface area contributed by atoms with E-state index in [9.17, 15) is 8.42 Å². The van der Waals surface area contributed by atoms with E-state index in [0.717, 1.165) is 0 Å². The van der Waals surface area contributed by atoms with Crippen LogP contribution in [0.15, 0.2) is 45.9 Å². The highest BCUT2D eigenvalue weighted by molar-refractivity contribution is 7.92. The summed E-state index contributed by atoms with van der Waals surface area (Å²) in [6.07, 6.45) is 1.38. The highest BCUT2D eigenvalue weighted by atomic mass is 32.2. The number of aromatic nitrogens is 1. The SMILES string of the molecule is Cc1coc(NS(=O)(=O)c2ccccc2)n1. The van der Waals surface area contributed by atoms with Gasteiger partial charge in [0.1, 0.15) is 6.26 Å². The fourth-order valence-electron chi connectivity index (χ4n) is 1.17. The third-order valence-corrected chi connectivity index (χ3v) is 3.23. The van der Waals surface area contributed by atoms with Crippen LogP contribution in [-0.2, 0) is 10.0 Å². The van der Waals surface area contributed by atoms with E-state index in [1.807, 2.05) is 0 Å². The molecule has 2 aromatic rings. The molecule has 0 atom stereocenters. The summed E-state index contributed by atoms with van der Waals surface area (Å²) >= 11 is 0. The maximum absolute atomic E-state index is 11.8. The predicted octanol–water partition coefficient (Wildman–Crippen LogP) is 1.78. The van der Waals surface area contributed by atoms with Crippen LogP contribution in [0.25, 0.3) is 0 Å². The maximum Gasteiger partial charge on any atom is 0.309 e. The molecule has 1 aromatic heterocycles. The first-order chi connectivity index (χ1) is 7.58. The van der Waals surface area contributed by atoms with Crippen molar-refractivity contribution in [1.29, 1.82) is 0 Å². The Morgan fingerprint density at radius 3 is 2.50 bits per heavy atom. The molecule has 1 aromatic carbocycles. The zero-order valence-electron chi connectivity index (χ0n) is 8.54. The average molecular weight is 238 g/mol. The molecule has 16 heavy (non-hydrogen) atoms. The lowest BCUT2D eigenvalue weighted by Gasteiger charge is -2.03. The van der Waals surface area contributed by atoms with Crippen LogP contribution < -0.4 is 4.72 Å². The minimum absolute atomic E-state index is 0.0265. The van der Waals surface area contributed by atoms with Crippen molar-refractivity contribution in [3.05, 3.63) is 42.3 Å². The smallest absolute Gasteiger partial charge is 0.309 e. The molecule has 0 unspecified atom stereocenters. The molecule has 1 heterocycles. The van der Waals surface area contributed by atoms with Gasteiger partial charge >= 0.3 is 6.01 Å². The minimum atomic E-state index is -3.61. The summed E-state index contributed by atoms with van der Waals surface area (Å²) in [5.74, 6) is 0. The Kier molecular flexibility index (Phi) is 2.66.